The molecule has 0 fully saturated rings. The molecule has 0 unspecified atom stereocenters. The molecule has 18 heavy (non-hydrogen) atoms. The summed E-state index contributed by atoms with van der Waals surface area (Å²) in [4.78, 5) is 23.5. The maximum atomic E-state index is 11.7. The third kappa shape index (κ3) is 1.75. The largest absolute Gasteiger partial charge is 0.468 e. The van der Waals surface area contributed by atoms with Crippen LogP contribution in [-0.2, 0) is 19.1 Å². The van der Waals surface area contributed by atoms with Crippen molar-refractivity contribution in [3.05, 3.63) is 35.4 Å². The molecule has 0 bridgehead atoms. The molecule has 0 amide bonds. The molecule has 0 radical (unpaired) electrons. The average molecular weight is 250 g/mol. The summed E-state index contributed by atoms with van der Waals surface area (Å²) >= 11 is 0. The van der Waals surface area contributed by atoms with Crippen LogP contribution in [0.1, 0.15) is 23.2 Å². The van der Waals surface area contributed by atoms with Gasteiger partial charge in [-0.2, -0.15) is 0 Å². The normalized spacial score (nSPS) is 22.4. The highest BCUT2D eigenvalue weighted by molar-refractivity contribution is 5.85. The van der Waals surface area contributed by atoms with Gasteiger partial charge in [-0.05, 0) is 11.1 Å². The predicted octanol–water partition coefficient (Wildman–Crippen LogP) is 0.304. The lowest BCUT2D eigenvalue weighted by atomic mass is 10.0. The molecule has 96 valence electrons. The Balaban J connectivity index is 2.49. The van der Waals surface area contributed by atoms with E-state index in [1.807, 2.05) is 0 Å². The van der Waals surface area contributed by atoms with E-state index in [2.05, 4.69) is 0 Å². The Kier molecular flexibility index (Phi) is 3.31. The Labute approximate surface area is 104 Å². The molecule has 1 aliphatic heterocycles. The van der Waals surface area contributed by atoms with Gasteiger partial charge in [0.25, 0.3) is 0 Å². The molecule has 0 spiro atoms. The molecule has 6 nitrogen and oxygen atoms in total. The predicted molar refractivity (Wildman–Crippen MR) is 62.0 cm³/mol. The maximum absolute atomic E-state index is 11.7. The quantitative estimate of drug-likeness (QED) is 0.600. The molecular weight excluding hydrogens is 236 g/mol. The van der Waals surface area contributed by atoms with Gasteiger partial charge in [-0.3, -0.25) is 5.84 Å². The van der Waals surface area contributed by atoms with Gasteiger partial charge in [0.1, 0.15) is 12.1 Å². The van der Waals surface area contributed by atoms with Gasteiger partial charge in [0.15, 0.2) is 0 Å². The second kappa shape index (κ2) is 4.75. The van der Waals surface area contributed by atoms with Crippen LogP contribution in [0.15, 0.2) is 24.3 Å². The third-order valence-corrected chi connectivity index (χ3v) is 3.03. The number of hydrogen-bond donors (Lipinski definition) is 1. The summed E-state index contributed by atoms with van der Waals surface area (Å²) in [6, 6.07) is 5.50. The fourth-order valence-electron chi connectivity index (χ4n) is 2.20. The second-order valence-corrected chi connectivity index (χ2v) is 3.93. The van der Waals surface area contributed by atoms with Gasteiger partial charge in [0.2, 0.25) is 0 Å². The number of benzene rings is 1. The minimum absolute atomic E-state index is 0.503. The number of fused-ring (bicyclic) bond motifs is 1. The minimum atomic E-state index is -0.782. The smallest absolute Gasteiger partial charge is 0.329 e. The van der Waals surface area contributed by atoms with E-state index < -0.39 is 24.0 Å². The van der Waals surface area contributed by atoms with Gasteiger partial charge in [0, 0.05) is 0 Å². The Morgan fingerprint density at radius 3 is 1.78 bits per heavy atom. The topological polar surface area (TPSA) is 81.9 Å². The van der Waals surface area contributed by atoms with E-state index in [0.29, 0.717) is 11.1 Å². The number of ether oxygens (including phenoxy) is 2. The molecule has 0 saturated heterocycles. The van der Waals surface area contributed by atoms with Crippen LogP contribution in [0, 0.1) is 0 Å². The van der Waals surface area contributed by atoms with Crippen LogP contribution in [-0.4, -0.2) is 31.2 Å². The van der Waals surface area contributed by atoms with Crippen LogP contribution in [0.4, 0.5) is 0 Å². The Hall–Kier alpha value is -1.92. The van der Waals surface area contributed by atoms with Crippen molar-refractivity contribution in [3.8, 4) is 0 Å². The van der Waals surface area contributed by atoms with Crippen molar-refractivity contribution in [2.24, 2.45) is 5.84 Å². The van der Waals surface area contributed by atoms with Crippen molar-refractivity contribution in [2.75, 3.05) is 14.2 Å². The zero-order valence-corrected chi connectivity index (χ0v) is 10.1. The number of methoxy groups -OCH3 is 2. The molecule has 6 heteroatoms. The van der Waals surface area contributed by atoms with Gasteiger partial charge < -0.3 is 9.47 Å². The monoisotopic (exact) mass is 250 g/mol. The minimum Gasteiger partial charge on any atom is -0.468 e. The van der Waals surface area contributed by atoms with Crippen molar-refractivity contribution in [2.45, 2.75) is 12.1 Å². The Morgan fingerprint density at radius 1 is 1.06 bits per heavy atom. The molecule has 2 atom stereocenters. The van der Waals surface area contributed by atoms with E-state index in [9.17, 15) is 9.59 Å². The van der Waals surface area contributed by atoms with Gasteiger partial charge in [-0.25, -0.2) is 14.6 Å². The second-order valence-electron chi connectivity index (χ2n) is 3.93. The number of carbonyl (C=O) groups is 2. The molecule has 2 N–H and O–H groups in total. The average Bonchev–Trinajstić information content (AvgIpc) is 2.69. The SMILES string of the molecule is COC(=O)[C@H]1c2ccccc2[C@H](C(=O)OC)N1N. The van der Waals surface area contributed by atoms with Crippen LogP contribution in [0.5, 0.6) is 0 Å². The van der Waals surface area contributed by atoms with E-state index in [0.717, 1.165) is 0 Å². The first-order chi connectivity index (χ1) is 8.61. The highest BCUT2D eigenvalue weighted by Crippen LogP contribution is 2.40. The van der Waals surface area contributed by atoms with Gasteiger partial charge >= 0.3 is 11.9 Å². The van der Waals surface area contributed by atoms with Gasteiger partial charge in [-0.1, -0.05) is 24.3 Å². The van der Waals surface area contributed by atoms with E-state index in [1.54, 1.807) is 24.3 Å². The molecule has 1 aliphatic rings. The van der Waals surface area contributed by atoms with Gasteiger partial charge in [-0.15, -0.1) is 0 Å². The number of nitrogens with zero attached hydrogens (tertiary/aromatic N) is 1. The fraction of sp³-hybridized carbons (Fsp3) is 0.333. The summed E-state index contributed by atoms with van der Waals surface area (Å²) in [5.74, 6) is 4.85. The summed E-state index contributed by atoms with van der Waals surface area (Å²) < 4.78 is 9.42. The van der Waals surface area contributed by atoms with E-state index in [1.165, 1.54) is 19.2 Å². The molecule has 0 aliphatic carbocycles. The molecule has 0 aromatic heterocycles. The number of hydrazine groups is 1. The molecule has 0 saturated carbocycles. The van der Waals surface area contributed by atoms with Gasteiger partial charge in [0.05, 0.1) is 14.2 Å². The number of nitrogens with two attached hydrogens (primary N) is 1. The van der Waals surface area contributed by atoms with Crippen LogP contribution >= 0.6 is 0 Å². The number of hydrogen-bond acceptors (Lipinski definition) is 6. The van der Waals surface area contributed by atoms with Crippen LogP contribution in [0.2, 0.25) is 0 Å². The first-order valence-corrected chi connectivity index (χ1v) is 5.39. The van der Waals surface area contributed by atoms with E-state index in [4.69, 9.17) is 15.3 Å². The molecule has 2 rings (SSSR count). The zero-order chi connectivity index (χ0) is 13.3. The molecule has 1 aromatic carbocycles. The summed E-state index contributed by atoms with van der Waals surface area (Å²) in [5, 5.41) is 1.17. The first-order valence-electron chi connectivity index (χ1n) is 5.39. The van der Waals surface area contributed by atoms with Crippen molar-refractivity contribution in [1.82, 2.24) is 5.01 Å². The van der Waals surface area contributed by atoms with E-state index in [-0.39, 0.29) is 0 Å². The lowest BCUT2D eigenvalue weighted by molar-refractivity contribution is -0.153. The number of carbonyl (C=O) groups excluding carboxylic acids is 2. The standard InChI is InChI=1S/C12H14N2O4/c1-17-11(15)9-7-5-3-4-6-8(7)10(14(9)13)12(16)18-2/h3-6,9-10H,13H2,1-2H3/t9-,10-/m1/s1. The highest BCUT2D eigenvalue weighted by atomic mass is 16.5. The zero-order valence-electron chi connectivity index (χ0n) is 10.1. The lowest BCUT2D eigenvalue weighted by Crippen LogP contribution is -2.40. The van der Waals surface area contributed by atoms with Crippen molar-refractivity contribution >= 4 is 11.9 Å². The summed E-state index contributed by atoms with van der Waals surface area (Å²) in [6.45, 7) is 0. The fourth-order valence-corrected chi connectivity index (χ4v) is 2.20. The summed E-state index contributed by atoms with van der Waals surface area (Å²) in [5.41, 5.74) is 1.34. The highest BCUT2D eigenvalue weighted by Gasteiger charge is 2.45. The number of rotatable bonds is 2. The Morgan fingerprint density at radius 2 is 1.44 bits per heavy atom. The van der Waals surface area contributed by atoms with Crippen molar-refractivity contribution < 1.29 is 19.1 Å². The van der Waals surface area contributed by atoms with Crippen LogP contribution in [0.25, 0.3) is 0 Å². The summed E-state index contributed by atoms with van der Waals surface area (Å²) in [7, 11) is 2.56. The molecule has 1 aromatic rings. The van der Waals surface area contributed by atoms with Crippen molar-refractivity contribution in [1.29, 1.82) is 0 Å². The first kappa shape index (κ1) is 12.5. The lowest BCUT2D eigenvalue weighted by Gasteiger charge is -2.22. The third-order valence-electron chi connectivity index (χ3n) is 3.03. The number of esters is 2. The van der Waals surface area contributed by atoms with Crippen LogP contribution < -0.4 is 5.84 Å². The summed E-state index contributed by atoms with van der Waals surface area (Å²) in [6.07, 6.45) is 0. The van der Waals surface area contributed by atoms with E-state index >= 15 is 0 Å². The molecule has 1 heterocycles. The maximum Gasteiger partial charge on any atom is 0.329 e. The molecular formula is C12H14N2O4. The van der Waals surface area contributed by atoms with Crippen LogP contribution in [0.3, 0.4) is 0 Å². The Bertz CT molecular complexity index is 446. The van der Waals surface area contributed by atoms with Crippen molar-refractivity contribution in [3.63, 3.8) is 0 Å².